The van der Waals surface area contributed by atoms with E-state index in [9.17, 15) is 4.79 Å². The third kappa shape index (κ3) is 1.90. The summed E-state index contributed by atoms with van der Waals surface area (Å²) in [5, 5.41) is 2.99. The summed E-state index contributed by atoms with van der Waals surface area (Å²) in [7, 11) is 3.20. The summed E-state index contributed by atoms with van der Waals surface area (Å²) in [6, 6.07) is 13.2. The summed E-state index contributed by atoms with van der Waals surface area (Å²) in [4.78, 5) is 12.0. The zero-order valence-corrected chi connectivity index (χ0v) is 11.3. The van der Waals surface area contributed by atoms with Crippen molar-refractivity contribution in [1.29, 1.82) is 0 Å². The fourth-order valence-corrected chi connectivity index (χ4v) is 2.54. The molecule has 2 aromatic carbocycles. The van der Waals surface area contributed by atoms with Gasteiger partial charge in [-0.25, -0.2) is 0 Å². The fourth-order valence-electron chi connectivity index (χ4n) is 2.54. The molecule has 4 heteroatoms. The summed E-state index contributed by atoms with van der Waals surface area (Å²) in [6.07, 6.45) is 0. The molecule has 0 radical (unpaired) electrons. The molecule has 2 aromatic rings. The summed E-state index contributed by atoms with van der Waals surface area (Å²) in [5.41, 5.74) is 2.69. The highest BCUT2D eigenvalue weighted by Gasteiger charge is 2.29. The first-order valence-electron chi connectivity index (χ1n) is 6.36. The first kappa shape index (κ1) is 12.5. The van der Waals surface area contributed by atoms with Gasteiger partial charge < -0.3 is 14.8 Å². The second-order valence-corrected chi connectivity index (χ2v) is 4.61. The van der Waals surface area contributed by atoms with Crippen LogP contribution in [-0.4, -0.2) is 20.1 Å². The number of benzene rings is 2. The smallest absolute Gasteiger partial charge is 0.252 e. The van der Waals surface area contributed by atoms with Crippen molar-refractivity contribution in [2.45, 2.75) is 6.04 Å². The summed E-state index contributed by atoms with van der Waals surface area (Å²) < 4.78 is 10.5. The van der Waals surface area contributed by atoms with E-state index in [0.29, 0.717) is 11.5 Å². The molecule has 1 N–H and O–H groups in total. The Hall–Kier alpha value is -2.49. The average molecular weight is 269 g/mol. The molecule has 1 aliphatic rings. The highest BCUT2D eigenvalue weighted by Crippen LogP contribution is 2.35. The van der Waals surface area contributed by atoms with Crippen LogP contribution in [0.1, 0.15) is 27.5 Å². The van der Waals surface area contributed by atoms with Crippen LogP contribution in [0, 0.1) is 0 Å². The van der Waals surface area contributed by atoms with Crippen molar-refractivity contribution in [2.75, 3.05) is 14.2 Å². The van der Waals surface area contributed by atoms with E-state index in [-0.39, 0.29) is 11.9 Å². The molecule has 0 aliphatic carbocycles. The molecule has 0 fully saturated rings. The van der Waals surface area contributed by atoms with Crippen LogP contribution in [0.25, 0.3) is 0 Å². The van der Waals surface area contributed by atoms with Crippen molar-refractivity contribution in [1.82, 2.24) is 5.32 Å². The van der Waals surface area contributed by atoms with Crippen LogP contribution < -0.4 is 14.8 Å². The van der Waals surface area contributed by atoms with E-state index in [1.54, 1.807) is 14.2 Å². The molecule has 0 bridgehead atoms. The molecule has 1 aliphatic heterocycles. The molecule has 1 unspecified atom stereocenters. The number of hydrogen-bond acceptors (Lipinski definition) is 3. The van der Waals surface area contributed by atoms with E-state index in [1.807, 2.05) is 42.5 Å². The van der Waals surface area contributed by atoms with Crippen LogP contribution in [0.4, 0.5) is 0 Å². The second-order valence-electron chi connectivity index (χ2n) is 4.61. The van der Waals surface area contributed by atoms with Gasteiger partial charge in [0.2, 0.25) is 0 Å². The fraction of sp³-hybridized carbons (Fsp3) is 0.188. The number of ether oxygens (including phenoxy) is 2. The van der Waals surface area contributed by atoms with Gasteiger partial charge in [-0.05, 0) is 29.3 Å². The minimum atomic E-state index is -0.140. The van der Waals surface area contributed by atoms with E-state index in [0.717, 1.165) is 16.7 Å². The average Bonchev–Trinajstić information content (AvgIpc) is 2.84. The topological polar surface area (TPSA) is 47.6 Å². The number of methoxy groups -OCH3 is 2. The van der Waals surface area contributed by atoms with Crippen LogP contribution in [0.15, 0.2) is 42.5 Å². The summed E-state index contributed by atoms with van der Waals surface area (Å²) in [6.45, 7) is 0. The molecule has 4 nitrogen and oxygen atoms in total. The normalized spacial score (nSPS) is 16.5. The molecule has 102 valence electrons. The Balaban J connectivity index is 2.05. The summed E-state index contributed by atoms with van der Waals surface area (Å²) >= 11 is 0. The van der Waals surface area contributed by atoms with E-state index in [1.165, 1.54) is 0 Å². The van der Waals surface area contributed by atoms with Crippen molar-refractivity contribution in [3.63, 3.8) is 0 Å². The lowest BCUT2D eigenvalue weighted by atomic mass is 9.98. The van der Waals surface area contributed by atoms with E-state index < -0.39 is 0 Å². The van der Waals surface area contributed by atoms with Crippen molar-refractivity contribution >= 4 is 5.91 Å². The van der Waals surface area contributed by atoms with E-state index in [4.69, 9.17) is 9.47 Å². The lowest BCUT2D eigenvalue weighted by Gasteiger charge is -2.15. The quantitative estimate of drug-likeness (QED) is 0.931. The molecule has 3 rings (SSSR count). The van der Waals surface area contributed by atoms with Crippen molar-refractivity contribution in [3.05, 3.63) is 59.2 Å². The highest BCUT2D eigenvalue weighted by molar-refractivity contribution is 5.99. The first-order valence-corrected chi connectivity index (χ1v) is 6.36. The number of carbonyl (C=O) groups excluding carboxylic acids is 1. The lowest BCUT2D eigenvalue weighted by molar-refractivity contribution is 0.0960. The lowest BCUT2D eigenvalue weighted by Crippen LogP contribution is -2.19. The zero-order chi connectivity index (χ0) is 14.1. The molecule has 1 amide bonds. The van der Waals surface area contributed by atoms with Crippen LogP contribution in [0.5, 0.6) is 11.5 Å². The number of carbonyl (C=O) groups is 1. The number of amides is 1. The Kier molecular flexibility index (Phi) is 3.06. The van der Waals surface area contributed by atoms with Gasteiger partial charge in [0.15, 0.2) is 11.5 Å². The second kappa shape index (κ2) is 4.89. The Bertz CT molecular complexity index is 667. The van der Waals surface area contributed by atoms with E-state index in [2.05, 4.69) is 5.32 Å². The van der Waals surface area contributed by atoms with Gasteiger partial charge in [-0.3, -0.25) is 4.79 Å². The minimum Gasteiger partial charge on any atom is -0.493 e. The number of nitrogens with one attached hydrogen (secondary N) is 1. The summed E-state index contributed by atoms with van der Waals surface area (Å²) in [5.74, 6) is 1.29. The van der Waals surface area contributed by atoms with Crippen LogP contribution in [-0.2, 0) is 0 Å². The molecular formula is C16H15NO3. The molecule has 0 spiro atoms. The predicted octanol–water partition coefficient (Wildman–Crippen LogP) is 2.54. The Morgan fingerprint density at radius 3 is 2.50 bits per heavy atom. The van der Waals surface area contributed by atoms with Gasteiger partial charge in [-0.15, -0.1) is 0 Å². The van der Waals surface area contributed by atoms with Gasteiger partial charge in [0.05, 0.1) is 20.3 Å². The maximum absolute atomic E-state index is 12.0. The van der Waals surface area contributed by atoms with Gasteiger partial charge in [0.25, 0.3) is 5.91 Å². The van der Waals surface area contributed by atoms with Gasteiger partial charge in [-0.1, -0.05) is 24.3 Å². The van der Waals surface area contributed by atoms with Crippen LogP contribution in [0.2, 0.25) is 0 Å². The van der Waals surface area contributed by atoms with Gasteiger partial charge in [0, 0.05) is 5.56 Å². The molecule has 0 aromatic heterocycles. The van der Waals surface area contributed by atoms with Gasteiger partial charge >= 0.3 is 0 Å². The molecule has 1 atom stereocenters. The highest BCUT2D eigenvalue weighted by atomic mass is 16.5. The maximum atomic E-state index is 12.0. The van der Waals surface area contributed by atoms with Crippen LogP contribution >= 0.6 is 0 Å². The number of rotatable bonds is 3. The monoisotopic (exact) mass is 269 g/mol. The molecule has 20 heavy (non-hydrogen) atoms. The first-order chi connectivity index (χ1) is 9.74. The standard InChI is InChI=1S/C16H15NO3/c1-19-13-8-7-10(9-14(13)20-2)15-11-5-3-4-6-12(11)16(18)17-15/h3-9,15H,1-2H3,(H,17,18). The number of fused-ring (bicyclic) bond motifs is 1. The third-order valence-corrected chi connectivity index (χ3v) is 3.53. The van der Waals surface area contributed by atoms with Gasteiger partial charge in [-0.2, -0.15) is 0 Å². The van der Waals surface area contributed by atoms with E-state index >= 15 is 0 Å². The molecule has 0 saturated heterocycles. The molecule has 0 saturated carbocycles. The Morgan fingerprint density at radius 2 is 1.75 bits per heavy atom. The Morgan fingerprint density at radius 1 is 1.00 bits per heavy atom. The Labute approximate surface area is 117 Å². The SMILES string of the molecule is COc1ccc(C2NC(=O)c3ccccc32)cc1OC. The van der Waals surface area contributed by atoms with Crippen molar-refractivity contribution in [2.24, 2.45) is 0 Å². The van der Waals surface area contributed by atoms with Gasteiger partial charge in [0.1, 0.15) is 0 Å². The largest absolute Gasteiger partial charge is 0.493 e. The zero-order valence-electron chi connectivity index (χ0n) is 11.3. The molecular weight excluding hydrogens is 254 g/mol. The maximum Gasteiger partial charge on any atom is 0.252 e. The van der Waals surface area contributed by atoms with Crippen molar-refractivity contribution < 1.29 is 14.3 Å². The minimum absolute atomic E-state index is 0.0413. The number of hydrogen-bond donors (Lipinski definition) is 1. The third-order valence-electron chi connectivity index (χ3n) is 3.53. The van der Waals surface area contributed by atoms with Crippen LogP contribution in [0.3, 0.4) is 0 Å². The van der Waals surface area contributed by atoms with Crippen molar-refractivity contribution in [3.8, 4) is 11.5 Å². The molecule has 1 heterocycles. The predicted molar refractivity (Wildman–Crippen MR) is 75.3 cm³/mol.